The van der Waals surface area contributed by atoms with Crippen LogP contribution < -0.4 is 0 Å². The van der Waals surface area contributed by atoms with Crippen LogP contribution in [0.3, 0.4) is 0 Å². The van der Waals surface area contributed by atoms with E-state index in [-0.39, 0.29) is 16.1 Å². The Labute approximate surface area is 137 Å². The number of halogens is 3. The van der Waals surface area contributed by atoms with Crippen molar-refractivity contribution in [2.24, 2.45) is 5.92 Å². The third-order valence-electron chi connectivity index (χ3n) is 2.68. The number of hydrogen-bond acceptors (Lipinski definition) is 4. The topological polar surface area (TPSA) is 64.8 Å². The van der Waals surface area contributed by atoms with Gasteiger partial charge in [0.1, 0.15) is 0 Å². The summed E-state index contributed by atoms with van der Waals surface area (Å²) in [6, 6.07) is 5.03. The molecule has 1 heterocycles. The highest BCUT2D eigenvalue weighted by Gasteiger charge is 2.25. The van der Waals surface area contributed by atoms with Gasteiger partial charge >= 0.3 is 0 Å². The summed E-state index contributed by atoms with van der Waals surface area (Å²) in [6.45, 7) is 4.26. The largest absolute Gasteiger partial charge is 0.297 e. The Kier molecular flexibility index (Phi) is 4.82. The van der Waals surface area contributed by atoms with Crippen molar-refractivity contribution in [2.75, 3.05) is 0 Å². The molecule has 0 fully saturated rings. The van der Waals surface area contributed by atoms with Gasteiger partial charge in [0.05, 0.1) is 10.0 Å². The summed E-state index contributed by atoms with van der Waals surface area (Å²) in [5.41, 5.74) is 0.504. The molecule has 0 radical (unpaired) electrons. The van der Waals surface area contributed by atoms with Crippen molar-refractivity contribution < 1.29 is 8.42 Å². The summed E-state index contributed by atoms with van der Waals surface area (Å²) in [7, 11) is 1.41. The summed E-state index contributed by atoms with van der Waals surface area (Å²) in [5.74, 6) is 0.477. The average molecular weight is 369 g/mol. The molecule has 114 valence electrons. The lowest BCUT2D eigenvalue weighted by Gasteiger charge is -2.12. The highest BCUT2D eigenvalue weighted by atomic mass is 35.7. The highest BCUT2D eigenvalue weighted by molar-refractivity contribution is 8.13. The minimum Gasteiger partial charge on any atom is -0.297 e. The molecule has 0 saturated heterocycles. The Morgan fingerprint density at radius 1 is 1.24 bits per heavy atom. The van der Waals surface area contributed by atoms with Crippen LogP contribution >= 0.6 is 33.9 Å². The summed E-state index contributed by atoms with van der Waals surface area (Å²) in [4.78, 5) is 0. The molecular formula is C12H12Cl3N3O2S. The molecule has 0 spiro atoms. The molecule has 5 nitrogen and oxygen atoms in total. The predicted molar refractivity (Wildman–Crippen MR) is 83.4 cm³/mol. The molecule has 1 aromatic heterocycles. The molecule has 0 aliphatic heterocycles. The fraction of sp³-hybridized carbons (Fsp3) is 0.333. The van der Waals surface area contributed by atoms with Crippen molar-refractivity contribution in [1.29, 1.82) is 0 Å². The monoisotopic (exact) mass is 367 g/mol. The third kappa shape index (κ3) is 3.51. The number of nitrogens with zero attached hydrogens (tertiary/aromatic N) is 3. The van der Waals surface area contributed by atoms with Gasteiger partial charge in [0, 0.05) is 22.8 Å². The Morgan fingerprint density at radius 2 is 1.90 bits per heavy atom. The fourth-order valence-electron chi connectivity index (χ4n) is 1.87. The lowest BCUT2D eigenvalue weighted by molar-refractivity contribution is 0.488. The molecule has 0 amide bonds. The summed E-state index contributed by atoms with van der Waals surface area (Å²) < 4.78 is 24.7. The molecule has 0 atom stereocenters. The summed E-state index contributed by atoms with van der Waals surface area (Å²) in [6.07, 6.45) is 0. The third-order valence-corrected chi connectivity index (χ3v) is 4.65. The highest BCUT2D eigenvalue weighted by Crippen LogP contribution is 2.33. The fourth-order valence-corrected chi connectivity index (χ4v) is 3.16. The maximum atomic E-state index is 11.6. The first-order valence-corrected chi connectivity index (χ1v) is 9.10. The Bertz CT molecular complexity index is 772. The first kappa shape index (κ1) is 16.5. The smallest absolute Gasteiger partial charge is 0.296 e. The Balaban J connectivity index is 2.70. The second kappa shape index (κ2) is 6.12. The van der Waals surface area contributed by atoms with Gasteiger partial charge in [-0.25, -0.2) is 8.42 Å². The van der Waals surface area contributed by atoms with E-state index < -0.39 is 9.05 Å². The van der Waals surface area contributed by atoms with Crippen molar-refractivity contribution >= 4 is 42.9 Å². The zero-order chi connectivity index (χ0) is 15.8. The molecule has 0 bridgehead atoms. The van der Waals surface area contributed by atoms with Crippen molar-refractivity contribution in [3.63, 3.8) is 0 Å². The van der Waals surface area contributed by atoms with E-state index in [0.717, 1.165) is 0 Å². The van der Waals surface area contributed by atoms with Gasteiger partial charge in [-0.05, 0) is 18.1 Å². The molecule has 0 N–H and O–H groups in total. The molecule has 0 aliphatic rings. The van der Waals surface area contributed by atoms with Crippen LogP contribution in [0.5, 0.6) is 0 Å². The van der Waals surface area contributed by atoms with Crippen molar-refractivity contribution in [3.05, 3.63) is 28.2 Å². The van der Waals surface area contributed by atoms with Gasteiger partial charge in [-0.15, -0.1) is 10.2 Å². The van der Waals surface area contributed by atoms with Crippen LogP contribution in [0.4, 0.5) is 0 Å². The maximum absolute atomic E-state index is 11.6. The Hall–Kier alpha value is -0.820. The van der Waals surface area contributed by atoms with Crippen LogP contribution in [0.15, 0.2) is 23.4 Å². The van der Waals surface area contributed by atoms with E-state index in [1.165, 1.54) is 4.57 Å². The SMILES string of the molecule is CC(C)Cn1c(-c2cccc(Cl)c2Cl)nnc1S(=O)(=O)Cl. The molecule has 9 heteroatoms. The quantitative estimate of drug-likeness (QED) is 0.769. The lowest BCUT2D eigenvalue weighted by atomic mass is 10.2. The number of aromatic nitrogens is 3. The first-order valence-electron chi connectivity index (χ1n) is 6.04. The van der Waals surface area contributed by atoms with E-state index in [1.807, 2.05) is 13.8 Å². The van der Waals surface area contributed by atoms with E-state index in [2.05, 4.69) is 10.2 Å². The number of rotatable bonds is 4. The normalized spacial score (nSPS) is 12.1. The van der Waals surface area contributed by atoms with Crippen LogP contribution in [0.25, 0.3) is 11.4 Å². The molecule has 0 saturated carbocycles. The van der Waals surface area contributed by atoms with Crippen LogP contribution in [0.2, 0.25) is 10.0 Å². The van der Waals surface area contributed by atoms with Gasteiger partial charge in [0.15, 0.2) is 5.82 Å². The van der Waals surface area contributed by atoms with E-state index in [4.69, 9.17) is 33.9 Å². The second-order valence-electron chi connectivity index (χ2n) is 4.85. The van der Waals surface area contributed by atoms with Gasteiger partial charge < -0.3 is 0 Å². The second-order valence-corrected chi connectivity index (χ2v) is 8.09. The minimum absolute atomic E-state index is 0.162. The van der Waals surface area contributed by atoms with E-state index in [0.29, 0.717) is 23.0 Å². The zero-order valence-corrected chi connectivity index (χ0v) is 14.3. The molecular weight excluding hydrogens is 357 g/mol. The number of hydrogen-bond donors (Lipinski definition) is 0. The van der Waals surface area contributed by atoms with E-state index >= 15 is 0 Å². The van der Waals surface area contributed by atoms with E-state index in [9.17, 15) is 8.42 Å². The molecule has 0 aliphatic carbocycles. The van der Waals surface area contributed by atoms with Gasteiger partial charge in [-0.3, -0.25) is 4.57 Å². The molecule has 21 heavy (non-hydrogen) atoms. The first-order chi connectivity index (χ1) is 9.71. The van der Waals surface area contributed by atoms with Gasteiger partial charge in [-0.1, -0.05) is 43.1 Å². The minimum atomic E-state index is -4.00. The van der Waals surface area contributed by atoms with Gasteiger partial charge in [0.2, 0.25) is 0 Å². The van der Waals surface area contributed by atoms with Crippen molar-refractivity contribution in [2.45, 2.75) is 25.5 Å². The zero-order valence-electron chi connectivity index (χ0n) is 11.2. The average Bonchev–Trinajstić information content (AvgIpc) is 2.75. The standard InChI is InChI=1S/C12H12Cl3N3O2S/c1-7(2)6-18-11(16-17-12(18)21(15,19)20)8-4-3-5-9(13)10(8)14/h3-5,7H,6H2,1-2H3. The van der Waals surface area contributed by atoms with Crippen LogP contribution in [-0.2, 0) is 15.6 Å². The predicted octanol–water partition coefficient (Wildman–Crippen LogP) is 3.84. The molecule has 2 aromatic rings. The Morgan fingerprint density at radius 3 is 2.48 bits per heavy atom. The van der Waals surface area contributed by atoms with Crippen molar-refractivity contribution in [3.8, 4) is 11.4 Å². The lowest BCUT2D eigenvalue weighted by Crippen LogP contribution is -2.12. The van der Waals surface area contributed by atoms with Crippen LogP contribution in [0, 0.1) is 5.92 Å². The summed E-state index contributed by atoms with van der Waals surface area (Å²) >= 11 is 12.1. The molecule has 0 unspecified atom stereocenters. The number of benzene rings is 1. The van der Waals surface area contributed by atoms with Gasteiger partial charge in [-0.2, -0.15) is 0 Å². The van der Waals surface area contributed by atoms with Crippen LogP contribution in [-0.4, -0.2) is 23.2 Å². The summed E-state index contributed by atoms with van der Waals surface area (Å²) in [5, 5.41) is 7.93. The molecule has 2 rings (SSSR count). The van der Waals surface area contributed by atoms with Gasteiger partial charge in [0.25, 0.3) is 14.2 Å². The van der Waals surface area contributed by atoms with Crippen molar-refractivity contribution in [1.82, 2.24) is 14.8 Å². The maximum Gasteiger partial charge on any atom is 0.296 e. The van der Waals surface area contributed by atoms with E-state index in [1.54, 1.807) is 18.2 Å². The van der Waals surface area contributed by atoms with Crippen LogP contribution in [0.1, 0.15) is 13.8 Å². The molecule has 1 aromatic carbocycles.